The van der Waals surface area contributed by atoms with Gasteiger partial charge in [0.25, 0.3) is 0 Å². The minimum Gasteiger partial charge on any atom is -0.377 e. The van der Waals surface area contributed by atoms with Crippen LogP contribution in [0.2, 0.25) is 0 Å². The summed E-state index contributed by atoms with van der Waals surface area (Å²) < 4.78 is 0. The lowest BCUT2D eigenvalue weighted by atomic mass is 9.92. The van der Waals surface area contributed by atoms with E-state index >= 15 is 0 Å². The molecule has 0 bridgehead atoms. The standard InChI is InChI=1S/C19H18N2/c1-15(21(2)3)18(14-20)19(16-10-6-4-7-11-16)17-12-8-5-9-13-17/h4-13H,1H2,2-3H3. The van der Waals surface area contributed by atoms with Crippen LogP contribution < -0.4 is 0 Å². The lowest BCUT2D eigenvalue weighted by Gasteiger charge is -2.19. The second kappa shape index (κ2) is 6.58. The molecule has 2 nitrogen and oxygen atoms in total. The van der Waals surface area contributed by atoms with E-state index < -0.39 is 0 Å². The molecule has 104 valence electrons. The Morgan fingerprint density at radius 2 is 1.33 bits per heavy atom. The van der Waals surface area contributed by atoms with Gasteiger partial charge in [-0.15, -0.1) is 0 Å². The Kier molecular flexibility index (Phi) is 4.58. The van der Waals surface area contributed by atoms with Crippen molar-refractivity contribution in [1.82, 2.24) is 4.90 Å². The number of likely N-dealkylation sites (N-methyl/N-ethyl adjacent to an activating group) is 1. The van der Waals surface area contributed by atoms with Crippen LogP contribution in [0.15, 0.2) is 78.5 Å². The van der Waals surface area contributed by atoms with Crippen LogP contribution in [0.4, 0.5) is 0 Å². The third-order valence-corrected chi connectivity index (χ3v) is 3.32. The summed E-state index contributed by atoms with van der Waals surface area (Å²) in [5.74, 6) is 0. The molecule has 0 heterocycles. The van der Waals surface area contributed by atoms with Gasteiger partial charge in [-0.1, -0.05) is 67.2 Å². The summed E-state index contributed by atoms with van der Waals surface area (Å²) in [4.78, 5) is 1.87. The highest BCUT2D eigenvalue weighted by Gasteiger charge is 2.15. The Hall–Kier alpha value is -2.79. The predicted molar refractivity (Wildman–Crippen MR) is 87.3 cm³/mol. The number of benzene rings is 2. The first-order valence-electron chi connectivity index (χ1n) is 6.77. The normalized spacial score (nSPS) is 9.57. The molecule has 0 radical (unpaired) electrons. The Bertz CT molecular complexity index is 648. The maximum atomic E-state index is 9.64. The molecule has 0 spiro atoms. The maximum Gasteiger partial charge on any atom is 0.102 e. The van der Waals surface area contributed by atoms with E-state index in [-0.39, 0.29) is 0 Å². The van der Waals surface area contributed by atoms with E-state index in [0.717, 1.165) is 16.7 Å². The maximum absolute atomic E-state index is 9.64. The monoisotopic (exact) mass is 274 g/mol. The van der Waals surface area contributed by atoms with Gasteiger partial charge >= 0.3 is 0 Å². The van der Waals surface area contributed by atoms with Crippen LogP contribution >= 0.6 is 0 Å². The smallest absolute Gasteiger partial charge is 0.102 e. The number of allylic oxidation sites excluding steroid dienone is 1. The van der Waals surface area contributed by atoms with Gasteiger partial charge in [0.2, 0.25) is 0 Å². The molecule has 0 N–H and O–H groups in total. The minimum absolute atomic E-state index is 0.595. The van der Waals surface area contributed by atoms with Gasteiger partial charge < -0.3 is 4.90 Å². The SMILES string of the molecule is C=C(C(C#N)=C(c1ccccc1)c1ccccc1)N(C)C. The molecule has 2 rings (SSSR count). The minimum atomic E-state index is 0.595. The molecule has 0 atom stereocenters. The van der Waals surface area contributed by atoms with Crippen molar-refractivity contribution in [3.05, 3.63) is 89.6 Å². The highest BCUT2D eigenvalue weighted by molar-refractivity contribution is 5.86. The number of nitriles is 1. The first kappa shape index (κ1) is 14.6. The molecule has 2 aromatic rings. The summed E-state index contributed by atoms with van der Waals surface area (Å²) >= 11 is 0. The van der Waals surface area contributed by atoms with Crippen LogP contribution in [0, 0.1) is 11.3 Å². The summed E-state index contributed by atoms with van der Waals surface area (Å²) in [5, 5.41) is 9.64. The Morgan fingerprint density at radius 1 is 0.905 bits per heavy atom. The van der Waals surface area contributed by atoms with Gasteiger partial charge in [-0.05, 0) is 11.1 Å². The van der Waals surface area contributed by atoms with E-state index in [4.69, 9.17) is 0 Å². The third-order valence-electron chi connectivity index (χ3n) is 3.32. The fourth-order valence-corrected chi connectivity index (χ4v) is 2.15. The number of rotatable bonds is 4. The van der Waals surface area contributed by atoms with Crippen LogP contribution in [0.1, 0.15) is 11.1 Å². The molecule has 2 aromatic carbocycles. The van der Waals surface area contributed by atoms with Gasteiger partial charge in [0.15, 0.2) is 0 Å². The fourth-order valence-electron chi connectivity index (χ4n) is 2.15. The molecule has 0 aliphatic rings. The molecule has 2 heteroatoms. The molecule has 0 aliphatic heterocycles. The molecule has 0 saturated heterocycles. The van der Waals surface area contributed by atoms with Crippen LogP contribution in [-0.2, 0) is 0 Å². The van der Waals surface area contributed by atoms with Crippen molar-refractivity contribution >= 4 is 5.57 Å². The molecule has 0 saturated carbocycles. The average molecular weight is 274 g/mol. The van der Waals surface area contributed by atoms with Crippen LogP contribution in [-0.4, -0.2) is 19.0 Å². The van der Waals surface area contributed by atoms with Crippen molar-refractivity contribution < 1.29 is 0 Å². The highest BCUT2D eigenvalue weighted by atomic mass is 15.1. The van der Waals surface area contributed by atoms with E-state index in [1.807, 2.05) is 79.7 Å². The summed E-state index contributed by atoms with van der Waals surface area (Å²) in [6, 6.07) is 22.2. The molecule has 0 aromatic heterocycles. The van der Waals surface area contributed by atoms with Crippen molar-refractivity contribution in [1.29, 1.82) is 5.26 Å². The van der Waals surface area contributed by atoms with E-state index in [1.165, 1.54) is 0 Å². The first-order chi connectivity index (χ1) is 10.1. The largest absolute Gasteiger partial charge is 0.377 e. The molecule has 0 fully saturated rings. The number of hydrogen-bond donors (Lipinski definition) is 0. The second-order valence-electron chi connectivity index (χ2n) is 4.93. The summed E-state index contributed by atoms with van der Waals surface area (Å²) in [5.41, 5.74) is 4.25. The van der Waals surface area contributed by atoms with Crippen molar-refractivity contribution in [2.75, 3.05) is 14.1 Å². The zero-order valence-corrected chi connectivity index (χ0v) is 12.4. The lowest BCUT2D eigenvalue weighted by molar-refractivity contribution is 0.528. The summed E-state index contributed by atoms with van der Waals surface area (Å²) in [7, 11) is 3.79. The highest BCUT2D eigenvalue weighted by Crippen LogP contribution is 2.30. The Labute approximate surface area is 126 Å². The van der Waals surface area contributed by atoms with Crippen molar-refractivity contribution in [2.45, 2.75) is 0 Å². The Balaban J connectivity index is 2.72. The van der Waals surface area contributed by atoms with E-state index in [9.17, 15) is 5.26 Å². The Morgan fingerprint density at radius 3 is 1.67 bits per heavy atom. The lowest BCUT2D eigenvalue weighted by Crippen LogP contribution is -2.12. The van der Waals surface area contributed by atoms with Crippen LogP contribution in [0.3, 0.4) is 0 Å². The van der Waals surface area contributed by atoms with Crippen molar-refractivity contribution in [3.63, 3.8) is 0 Å². The summed E-state index contributed by atoms with van der Waals surface area (Å²) in [6.45, 7) is 4.04. The van der Waals surface area contributed by atoms with Crippen molar-refractivity contribution in [3.8, 4) is 6.07 Å². The molecular weight excluding hydrogens is 256 g/mol. The van der Waals surface area contributed by atoms with Gasteiger partial charge in [-0.25, -0.2) is 0 Å². The van der Waals surface area contributed by atoms with Crippen LogP contribution in [0.5, 0.6) is 0 Å². The average Bonchev–Trinajstić information content (AvgIpc) is 2.53. The van der Waals surface area contributed by atoms with E-state index in [2.05, 4.69) is 12.6 Å². The van der Waals surface area contributed by atoms with Gasteiger partial charge in [-0.2, -0.15) is 5.26 Å². The van der Waals surface area contributed by atoms with E-state index in [0.29, 0.717) is 11.3 Å². The van der Waals surface area contributed by atoms with Crippen molar-refractivity contribution in [2.24, 2.45) is 0 Å². The van der Waals surface area contributed by atoms with Gasteiger partial charge in [0, 0.05) is 25.4 Å². The quantitative estimate of drug-likeness (QED) is 0.620. The molecule has 21 heavy (non-hydrogen) atoms. The fraction of sp³-hybridized carbons (Fsp3) is 0.105. The van der Waals surface area contributed by atoms with Gasteiger partial charge in [0.1, 0.15) is 6.07 Å². The van der Waals surface area contributed by atoms with Crippen LogP contribution in [0.25, 0.3) is 5.57 Å². The second-order valence-corrected chi connectivity index (χ2v) is 4.93. The number of nitrogens with zero attached hydrogens (tertiary/aromatic N) is 2. The van der Waals surface area contributed by atoms with E-state index in [1.54, 1.807) is 0 Å². The third kappa shape index (κ3) is 3.21. The summed E-state index contributed by atoms with van der Waals surface area (Å²) in [6.07, 6.45) is 0. The zero-order chi connectivity index (χ0) is 15.2. The molecule has 0 unspecified atom stereocenters. The van der Waals surface area contributed by atoms with Gasteiger partial charge in [-0.3, -0.25) is 0 Å². The molecule has 0 aliphatic carbocycles. The zero-order valence-electron chi connectivity index (χ0n) is 12.4. The molecule has 0 amide bonds. The topological polar surface area (TPSA) is 27.0 Å². The molecular formula is C19H18N2. The van der Waals surface area contributed by atoms with Gasteiger partial charge in [0.05, 0.1) is 5.57 Å². The first-order valence-corrected chi connectivity index (χ1v) is 6.77. The predicted octanol–water partition coefficient (Wildman–Crippen LogP) is 4.09. The number of hydrogen-bond acceptors (Lipinski definition) is 2.